The lowest BCUT2D eigenvalue weighted by molar-refractivity contribution is -0.126. The number of hydrazine groups is 1. The van der Waals surface area contributed by atoms with E-state index in [-0.39, 0.29) is 11.9 Å². The lowest BCUT2D eigenvalue weighted by atomic mass is 10.2. The van der Waals surface area contributed by atoms with Gasteiger partial charge in [-0.15, -0.1) is 0 Å². The van der Waals surface area contributed by atoms with E-state index in [2.05, 4.69) is 10.3 Å². The van der Waals surface area contributed by atoms with E-state index in [0.29, 0.717) is 6.04 Å². The van der Waals surface area contributed by atoms with E-state index in [4.69, 9.17) is 5.84 Å². The molecule has 1 rings (SSSR count). The minimum absolute atomic E-state index is 0.112. The van der Waals surface area contributed by atoms with Gasteiger partial charge in [-0.25, -0.2) is 5.84 Å². The summed E-state index contributed by atoms with van der Waals surface area (Å²) in [6.45, 7) is 1.88. The first-order valence-corrected chi connectivity index (χ1v) is 5.62. The molecule has 3 N–H and O–H groups in total. The van der Waals surface area contributed by atoms with E-state index in [1.165, 1.54) is 12.2 Å². The van der Waals surface area contributed by atoms with Gasteiger partial charge in [-0.05, 0) is 26.1 Å². The minimum Gasteiger partial charge on any atom is -0.293 e. The molecule has 0 bridgehead atoms. The molecular formula is C8H17N3OS. The van der Waals surface area contributed by atoms with Crippen LogP contribution in [0.25, 0.3) is 0 Å². The van der Waals surface area contributed by atoms with Gasteiger partial charge in [0, 0.05) is 11.8 Å². The average molecular weight is 203 g/mol. The van der Waals surface area contributed by atoms with E-state index < -0.39 is 0 Å². The highest BCUT2D eigenvalue weighted by atomic mass is 32.2. The van der Waals surface area contributed by atoms with Crippen molar-refractivity contribution in [2.24, 2.45) is 5.84 Å². The summed E-state index contributed by atoms with van der Waals surface area (Å²) >= 11 is 1.94. The Morgan fingerprint density at radius 1 is 1.77 bits per heavy atom. The minimum atomic E-state index is -0.131. The summed E-state index contributed by atoms with van der Waals surface area (Å²) < 4.78 is 0. The van der Waals surface area contributed by atoms with Crippen molar-refractivity contribution >= 4 is 17.7 Å². The molecule has 0 radical (unpaired) electrons. The maximum absolute atomic E-state index is 11.2. The molecule has 0 spiro atoms. The number of rotatable bonds is 3. The SMILES string of the molecule is CC(C(=O)NN)N(C)C1CCSC1. The summed E-state index contributed by atoms with van der Waals surface area (Å²) in [5, 5.41) is 0. The first-order chi connectivity index (χ1) is 6.16. The number of carbonyl (C=O) groups is 1. The smallest absolute Gasteiger partial charge is 0.250 e. The fraction of sp³-hybridized carbons (Fsp3) is 0.875. The Morgan fingerprint density at radius 2 is 2.46 bits per heavy atom. The van der Waals surface area contributed by atoms with Crippen LogP contribution in [0.2, 0.25) is 0 Å². The van der Waals surface area contributed by atoms with Gasteiger partial charge in [0.1, 0.15) is 0 Å². The maximum Gasteiger partial charge on any atom is 0.250 e. The summed E-state index contributed by atoms with van der Waals surface area (Å²) in [5.41, 5.74) is 2.18. The largest absolute Gasteiger partial charge is 0.293 e. The van der Waals surface area contributed by atoms with Crippen molar-refractivity contribution in [3.8, 4) is 0 Å². The molecule has 1 aliphatic rings. The Morgan fingerprint density at radius 3 is 2.92 bits per heavy atom. The third-order valence-corrected chi connectivity index (χ3v) is 3.76. The zero-order chi connectivity index (χ0) is 9.84. The van der Waals surface area contributed by atoms with E-state index in [1.807, 2.05) is 25.7 Å². The van der Waals surface area contributed by atoms with Crippen LogP contribution in [0.15, 0.2) is 0 Å². The van der Waals surface area contributed by atoms with Gasteiger partial charge in [-0.1, -0.05) is 0 Å². The number of carbonyl (C=O) groups excluding carboxylic acids is 1. The molecule has 0 aromatic heterocycles. The zero-order valence-corrected chi connectivity index (χ0v) is 8.93. The molecule has 0 aromatic rings. The fourth-order valence-corrected chi connectivity index (χ4v) is 2.74. The van der Waals surface area contributed by atoms with Gasteiger partial charge >= 0.3 is 0 Å². The van der Waals surface area contributed by atoms with Gasteiger partial charge in [0.15, 0.2) is 0 Å². The average Bonchev–Trinajstić information content (AvgIpc) is 2.67. The number of nitrogens with zero attached hydrogens (tertiary/aromatic N) is 1. The lowest BCUT2D eigenvalue weighted by Crippen LogP contribution is -2.49. The number of hydrogen-bond acceptors (Lipinski definition) is 4. The Bertz CT molecular complexity index is 182. The number of hydrogen-bond donors (Lipinski definition) is 2. The van der Waals surface area contributed by atoms with Crippen LogP contribution in [0, 0.1) is 0 Å². The Kier molecular flexibility index (Phi) is 4.02. The number of nitrogens with one attached hydrogen (secondary N) is 1. The molecule has 1 aliphatic heterocycles. The standard InChI is InChI=1S/C8H17N3OS/c1-6(8(12)10-9)11(2)7-3-4-13-5-7/h6-7H,3-5,9H2,1-2H3,(H,10,12). The van der Waals surface area contributed by atoms with Gasteiger partial charge < -0.3 is 0 Å². The van der Waals surface area contributed by atoms with Gasteiger partial charge in [0.2, 0.25) is 0 Å². The summed E-state index contributed by atoms with van der Waals surface area (Å²) in [4.78, 5) is 13.3. The second-order valence-electron chi connectivity index (χ2n) is 3.37. The molecule has 4 nitrogen and oxygen atoms in total. The van der Waals surface area contributed by atoms with Crippen molar-refractivity contribution in [3.05, 3.63) is 0 Å². The number of likely N-dealkylation sites (N-methyl/N-ethyl adjacent to an activating group) is 1. The van der Waals surface area contributed by atoms with Crippen molar-refractivity contribution in [2.75, 3.05) is 18.6 Å². The fourth-order valence-electron chi connectivity index (χ4n) is 1.47. The summed E-state index contributed by atoms with van der Waals surface area (Å²) in [7, 11) is 1.98. The van der Waals surface area contributed by atoms with Crippen LogP contribution < -0.4 is 11.3 Å². The molecule has 1 saturated heterocycles. The van der Waals surface area contributed by atoms with Crippen molar-refractivity contribution in [3.63, 3.8) is 0 Å². The molecule has 1 heterocycles. The van der Waals surface area contributed by atoms with Crippen LogP contribution in [-0.4, -0.2) is 41.4 Å². The topological polar surface area (TPSA) is 58.4 Å². The quantitative estimate of drug-likeness (QED) is 0.379. The molecule has 0 aromatic carbocycles. The molecule has 5 heteroatoms. The molecular weight excluding hydrogens is 186 g/mol. The lowest BCUT2D eigenvalue weighted by Gasteiger charge is -2.28. The summed E-state index contributed by atoms with van der Waals surface area (Å²) in [6, 6.07) is 0.394. The molecule has 0 saturated carbocycles. The molecule has 1 fully saturated rings. The third-order valence-electron chi connectivity index (χ3n) is 2.61. The molecule has 2 atom stereocenters. The Labute approximate surface area is 83.2 Å². The second-order valence-corrected chi connectivity index (χ2v) is 4.52. The van der Waals surface area contributed by atoms with E-state index in [1.54, 1.807) is 0 Å². The molecule has 1 amide bonds. The van der Waals surface area contributed by atoms with Gasteiger partial charge in [-0.2, -0.15) is 11.8 Å². The Hall–Kier alpha value is -0.260. The molecule has 13 heavy (non-hydrogen) atoms. The Balaban J connectivity index is 2.45. The maximum atomic E-state index is 11.2. The van der Waals surface area contributed by atoms with E-state index in [0.717, 1.165) is 5.75 Å². The molecule has 2 unspecified atom stereocenters. The van der Waals surface area contributed by atoms with Crippen LogP contribution in [0.3, 0.4) is 0 Å². The van der Waals surface area contributed by atoms with Crippen LogP contribution >= 0.6 is 11.8 Å². The first kappa shape index (κ1) is 10.8. The summed E-state index contributed by atoms with van der Waals surface area (Å²) in [5.74, 6) is 7.29. The first-order valence-electron chi connectivity index (χ1n) is 4.47. The van der Waals surface area contributed by atoms with Crippen molar-refractivity contribution in [1.82, 2.24) is 10.3 Å². The number of thioether (sulfide) groups is 1. The van der Waals surface area contributed by atoms with Gasteiger partial charge in [0.05, 0.1) is 6.04 Å². The normalized spacial score (nSPS) is 24.8. The van der Waals surface area contributed by atoms with E-state index >= 15 is 0 Å². The van der Waals surface area contributed by atoms with Crippen molar-refractivity contribution < 1.29 is 4.79 Å². The third kappa shape index (κ3) is 2.59. The zero-order valence-electron chi connectivity index (χ0n) is 8.12. The highest BCUT2D eigenvalue weighted by Gasteiger charge is 2.26. The monoisotopic (exact) mass is 203 g/mol. The van der Waals surface area contributed by atoms with Gasteiger partial charge in [0.25, 0.3) is 5.91 Å². The van der Waals surface area contributed by atoms with Crippen molar-refractivity contribution in [2.45, 2.75) is 25.4 Å². The predicted octanol–water partition coefficient (Wildman–Crippen LogP) is -0.198. The van der Waals surface area contributed by atoms with Gasteiger partial charge in [-0.3, -0.25) is 15.1 Å². The van der Waals surface area contributed by atoms with E-state index in [9.17, 15) is 4.79 Å². The number of nitrogens with two attached hydrogens (primary N) is 1. The number of amides is 1. The highest BCUT2D eigenvalue weighted by molar-refractivity contribution is 7.99. The second kappa shape index (κ2) is 4.83. The predicted molar refractivity (Wildman–Crippen MR) is 55.3 cm³/mol. The van der Waals surface area contributed by atoms with Crippen LogP contribution in [-0.2, 0) is 4.79 Å². The van der Waals surface area contributed by atoms with Crippen molar-refractivity contribution in [1.29, 1.82) is 0 Å². The molecule has 0 aliphatic carbocycles. The molecule has 76 valence electrons. The van der Waals surface area contributed by atoms with Crippen LogP contribution in [0.4, 0.5) is 0 Å². The van der Waals surface area contributed by atoms with Crippen LogP contribution in [0.1, 0.15) is 13.3 Å². The van der Waals surface area contributed by atoms with Crippen LogP contribution in [0.5, 0.6) is 0 Å². The highest BCUT2D eigenvalue weighted by Crippen LogP contribution is 2.22. The summed E-state index contributed by atoms with van der Waals surface area (Å²) in [6.07, 6.45) is 1.17.